The average molecular weight is 232 g/mol. The molecule has 1 aliphatic rings. The standard InChI is InChI=1S/C13H16N2O2/c1-14-9-10-15(8-7-13(16)17-2)12-6-4-3-5-11(12)14/h3-8H,9-10H2,1-2H3. The van der Waals surface area contributed by atoms with E-state index in [1.54, 1.807) is 6.20 Å². The number of hydrogen-bond acceptors (Lipinski definition) is 4. The fourth-order valence-electron chi connectivity index (χ4n) is 1.90. The summed E-state index contributed by atoms with van der Waals surface area (Å²) in [6.45, 7) is 1.80. The minimum Gasteiger partial charge on any atom is -0.466 e. The van der Waals surface area contributed by atoms with Crippen LogP contribution in [0, 0.1) is 0 Å². The topological polar surface area (TPSA) is 32.8 Å². The van der Waals surface area contributed by atoms with Crippen LogP contribution in [0.3, 0.4) is 0 Å². The first-order valence-electron chi connectivity index (χ1n) is 5.55. The van der Waals surface area contributed by atoms with Crippen molar-refractivity contribution in [2.45, 2.75) is 0 Å². The fraction of sp³-hybridized carbons (Fsp3) is 0.308. The van der Waals surface area contributed by atoms with Gasteiger partial charge >= 0.3 is 5.97 Å². The van der Waals surface area contributed by atoms with E-state index in [0.29, 0.717) is 0 Å². The van der Waals surface area contributed by atoms with E-state index in [2.05, 4.69) is 27.7 Å². The zero-order valence-electron chi connectivity index (χ0n) is 10.1. The van der Waals surface area contributed by atoms with Crippen molar-refractivity contribution in [2.24, 2.45) is 0 Å². The zero-order chi connectivity index (χ0) is 12.3. The number of carbonyl (C=O) groups excluding carboxylic acids is 1. The van der Waals surface area contributed by atoms with Crippen LogP contribution >= 0.6 is 0 Å². The number of methoxy groups -OCH3 is 1. The summed E-state index contributed by atoms with van der Waals surface area (Å²) in [6, 6.07) is 8.14. The van der Waals surface area contributed by atoms with Crippen LogP contribution in [-0.4, -0.2) is 33.2 Å². The van der Waals surface area contributed by atoms with Gasteiger partial charge in [0.1, 0.15) is 0 Å². The maximum atomic E-state index is 11.1. The predicted molar refractivity (Wildman–Crippen MR) is 68.2 cm³/mol. The first-order chi connectivity index (χ1) is 8.22. The maximum Gasteiger partial charge on any atom is 0.331 e. The molecule has 0 N–H and O–H groups in total. The highest BCUT2D eigenvalue weighted by Gasteiger charge is 2.17. The highest BCUT2D eigenvalue weighted by Crippen LogP contribution is 2.31. The molecule has 0 saturated heterocycles. The highest BCUT2D eigenvalue weighted by molar-refractivity contribution is 5.83. The average Bonchev–Trinajstić information content (AvgIpc) is 2.38. The number of ether oxygens (including phenoxy) is 1. The molecule has 90 valence electrons. The van der Waals surface area contributed by atoms with Crippen molar-refractivity contribution >= 4 is 17.3 Å². The highest BCUT2D eigenvalue weighted by atomic mass is 16.5. The van der Waals surface area contributed by atoms with Crippen LogP contribution in [-0.2, 0) is 9.53 Å². The van der Waals surface area contributed by atoms with E-state index in [1.165, 1.54) is 18.9 Å². The summed E-state index contributed by atoms with van der Waals surface area (Å²) in [4.78, 5) is 15.4. The molecule has 1 aromatic carbocycles. The number of anilines is 2. The lowest BCUT2D eigenvalue weighted by Gasteiger charge is -2.34. The first kappa shape index (κ1) is 11.5. The molecule has 0 radical (unpaired) electrons. The lowest BCUT2D eigenvalue weighted by molar-refractivity contribution is -0.134. The van der Waals surface area contributed by atoms with E-state index < -0.39 is 0 Å². The summed E-state index contributed by atoms with van der Waals surface area (Å²) in [7, 11) is 3.45. The van der Waals surface area contributed by atoms with E-state index in [9.17, 15) is 4.79 Å². The van der Waals surface area contributed by atoms with Crippen LogP contribution in [0.25, 0.3) is 0 Å². The van der Waals surface area contributed by atoms with E-state index >= 15 is 0 Å². The van der Waals surface area contributed by atoms with Gasteiger partial charge in [-0.1, -0.05) is 12.1 Å². The second kappa shape index (κ2) is 4.91. The van der Waals surface area contributed by atoms with E-state index in [-0.39, 0.29) is 5.97 Å². The molecule has 0 unspecified atom stereocenters. The molecule has 1 aliphatic heterocycles. The normalized spacial score (nSPS) is 14.9. The van der Waals surface area contributed by atoms with Crippen molar-refractivity contribution in [2.75, 3.05) is 37.0 Å². The molecular formula is C13H16N2O2. The predicted octanol–water partition coefficient (Wildman–Crippen LogP) is 1.63. The van der Waals surface area contributed by atoms with Gasteiger partial charge < -0.3 is 14.5 Å². The van der Waals surface area contributed by atoms with Crippen LogP contribution in [0.15, 0.2) is 36.5 Å². The first-order valence-corrected chi connectivity index (χ1v) is 5.55. The van der Waals surface area contributed by atoms with E-state index in [0.717, 1.165) is 18.8 Å². The molecule has 17 heavy (non-hydrogen) atoms. The Kier molecular flexibility index (Phi) is 3.32. The molecular weight excluding hydrogens is 216 g/mol. The van der Waals surface area contributed by atoms with Crippen molar-refractivity contribution in [1.29, 1.82) is 0 Å². The number of nitrogens with zero attached hydrogens (tertiary/aromatic N) is 2. The van der Waals surface area contributed by atoms with Gasteiger partial charge in [0.25, 0.3) is 0 Å². The van der Waals surface area contributed by atoms with Gasteiger partial charge in [0.05, 0.1) is 18.5 Å². The monoisotopic (exact) mass is 232 g/mol. The summed E-state index contributed by atoms with van der Waals surface area (Å²) in [5.74, 6) is -0.332. The van der Waals surface area contributed by atoms with Crippen LogP contribution in [0.1, 0.15) is 0 Å². The third kappa shape index (κ3) is 2.41. The fourth-order valence-corrected chi connectivity index (χ4v) is 1.90. The lowest BCUT2D eigenvalue weighted by atomic mass is 10.2. The van der Waals surface area contributed by atoms with Crippen molar-refractivity contribution in [3.63, 3.8) is 0 Å². The Hall–Kier alpha value is -1.97. The number of fused-ring (bicyclic) bond motifs is 1. The van der Waals surface area contributed by atoms with Gasteiger partial charge in [0, 0.05) is 32.4 Å². The van der Waals surface area contributed by atoms with Crippen molar-refractivity contribution in [3.05, 3.63) is 36.5 Å². The molecule has 1 aromatic rings. The van der Waals surface area contributed by atoms with Gasteiger partial charge in [-0.2, -0.15) is 0 Å². The second-order valence-corrected chi connectivity index (χ2v) is 3.94. The number of esters is 1. The second-order valence-electron chi connectivity index (χ2n) is 3.94. The van der Waals surface area contributed by atoms with Crippen LogP contribution < -0.4 is 9.80 Å². The van der Waals surface area contributed by atoms with Crippen molar-refractivity contribution in [1.82, 2.24) is 0 Å². The summed E-state index contributed by atoms with van der Waals surface area (Å²) in [6.07, 6.45) is 3.22. The van der Waals surface area contributed by atoms with Gasteiger partial charge in [-0.05, 0) is 12.1 Å². The van der Waals surface area contributed by atoms with Gasteiger partial charge in [0.2, 0.25) is 0 Å². The number of likely N-dealkylation sites (N-methyl/N-ethyl adjacent to an activating group) is 1. The minimum atomic E-state index is -0.332. The lowest BCUT2D eigenvalue weighted by Crippen LogP contribution is -2.36. The molecule has 0 atom stereocenters. The molecule has 4 heteroatoms. The molecule has 4 nitrogen and oxygen atoms in total. The molecule has 0 aliphatic carbocycles. The third-order valence-corrected chi connectivity index (χ3v) is 2.87. The summed E-state index contributed by atoms with van der Waals surface area (Å²) in [5, 5.41) is 0. The van der Waals surface area contributed by atoms with Crippen LogP contribution in [0.4, 0.5) is 11.4 Å². The van der Waals surface area contributed by atoms with E-state index in [1.807, 2.05) is 18.2 Å². The van der Waals surface area contributed by atoms with Gasteiger partial charge in [-0.3, -0.25) is 0 Å². The Balaban J connectivity index is 2.24. The number of rotatable bonds is 2. The maximum absolute atomic E-state index is 11.1. The minimum absolute atomic E-state index is 0.332. The molecule has 0 fully saturated rings. The number of carbonyl (C=O) groups is 1. The Morgan fingerprint density at radius 1 is 1.29 bits per heavy atom. The van der Waals surface area contributed by atoms with Gasteiger partial charge in [0.15, 0.2) is 0 Å². The Bertz CT molecular complexity index is 443. The Morgan fingerprint density at radius 2 is 2.00 bits per heavy atom. The number of para-hydroxylation sites is 2. The SMILES string of the molecule is COC(=O)C=CN1CCN(C)c2ccccc21. The van der Waals surface area contributed by atoms with E-state index in [4.69, 9.17) is 0 Å². The molecule has 0 saturated carbocycles. The molecule has 0 bridgehead atoms. The zero-order valence-corrected chi connectivity index (χ0v) is 10.1. The molecule has 0 aromatic heterocycles. The van der Waals surface area contributed by atoms with Gasteiger partial charge in [-0.25, -0.2) is 4.79 Å². The number of hydrogen-bond donors (Lipinski definition) is 0. The molecule has 0 spiro atoms. The summed E-state index contributed by atoms with van der Waals surface area (Å²) >= 11 is 0. The van der Waals surface area contributed by atoms with Crippen molar-refractivity contribution in [3.8, 4) is 0 Å². The van der Waals surface area contributed by atoms with Gasteiger partial charge in [-0.15, -0.1) is 0 Å². The summed E-state index contributed by atoms with van der Waals surface area (Å²) in [5.41, 5.74) is 2.29. The third-order valence-electron chi connectivity index (χ3n) is 2.87. The quantitative estimate of drug-likeness (QED) is 0.573. The molecule has 1 heterocycles. The number of benzene rings is 1. The van der Waals surface area contributed by atoms with Crippen LogP contribution in [0.5, 0.6) is 0 Å². The Labute approximate surface area is 101 Å². The molecule has 2 rings (SSSR count). The largest absolute Gasteiger partial charge is 0.466 e. The Morgan fingerprint density at radius 3 is 2.71 bits per heavy atom. The molecule has 0 amide bonds. The smallest absolute Gasteiger partial charge is 0.331 e. The van der Waals surface area contributed by atoms with Crippen molar-refractivity contribution < 1.29 is 9.53 Å². The summed E-state index contributed by atoms with van der Waals surface area (Å²) < 4.78 is 4.59. The van der Waals surface area contributed by atoms with Crippen LogP contribution in [0.2, 0.25) is 0 Å².